The first-order valence-corrected chi connectivity index (χ1v) is 10.1. The Balaban J connectivity index is 0.00000320. The molecule has 2 atom stereocenters. The minimum atomic E-state index is -4.15. The Kier molecular flexibility index (Phi) is 9.32. The van der Waals surface area contributed by atoms with E-state index in [4.69, 9.17) is 4.74 Å². The number of anilines is 1. The van der Waals surface area contributed by atoms with E-state index in [0.29, 0.717) is 32.0 Å². The van der Waals surface area contributed by atoms with Crippen molar-refractivity contribution in [2.75, 3.05) is 51.3 Å². The SMILES string of the molecule is CCN=C(NC1CCN(CC(F)(F)F)C1)NC1CCN(c2ccccc2OC)C1.I. The fraction of sp³-hybridized carbons (Fsp3) is 0.650. The number of halogens is 4. The number of alkyl halides is 3. The summed E-state index contributed by atoms with van der Waals surface area (Å²) in [6.45, 7) is 4.25. The first-order chi connectivity index (χ1) is 13.9. The quantitative estimate of drug-likeness (QED) is 0.330. The molecular formula is C20H31F3IN5O. The lowest BCUT2D eigenvalue weighted by Gasteiger charge is -2.23. The summed E-state index contributed by atoms with van der Waals surface area (Å²) in [5, 5.41) is 6.78. The standard InChI is InChI=1S/C20H30F3N5O.HI/c1-3-24-19(25-15-8-10-27(12-15)14-20(21,22)23)26-16-9-11-28(13-16)17-6-4-5-7-18(17)29-2;/h4-7,15-16H,3,8-14H2,1-2H3,(H2,24,25,26);1H. The summed E-state index contributed by atoms with van der Waals surface area (Å²) in [6.07, 6.45) is -2.52. The summed E-state index contributed by atoms with van der Waals surface area (Å²) in [5.41, 5.74) is 1.07. The van der Waals surface area contributed by atoms with Gasteiger partial charge in [0.25, 0.3) is 0 Å². The summed E-state index contributed by atoms with van der Waals surface area (Å²) in [7, 11) is 1.67. The highest BCUT2D eigenvalue weighted by molar-refractivity contribution is 14.0. The second-order valence-electron chi connectivity index (χ2n) is 7.55. The zero-order valence-electron chi connectivity index (χ0n) is 17.4. The van der Waals surface area contributed by atoms with Gasteiger partial charge in [0.2, 0.25) is 0 Å². The number of ether oxygens (including phenoxy) is 1. The van der Waals surface area contributed by atoms with Gasteiger partial charge >= 0.3 is 6.18 Å². The molecule has 0 bridgehead atoms. The van der Waals surface area contributed by atoms with E-state index in [1.807, 2.05) is 31.2 Å². The van der Waals surface area contributed by atoms with Crippen LogP contribution in [0.5, 0.6) is 5.75 Å². The van der Waals surface area contributed by atoms with Crippen LogP contribution in [-0.2, 0) is 0 Å². The molecule has 0 radical (unpaired) electrons. The molecule has 0 spiro atoms. The van der Waals surface area contributed by atoms with E-state index in [2.05, 4.69) is 20.5 Å². The first kappa shape index (κ1) is 24.8. The second kappa shape index (κ2) is 11.3. The van der Waals surface area contributed by atoms with Crippen LogP contribution in [0.1, 0.15) is 19.8 Å². The van der Waals surface area contributed by atoms with Crippen LogP contribution in [0, 0.1) is 0 Å². The number of guanidine groups is 1. The number of likely N-dealkylation sites (tertiary alicyclic amines) is 1. The number of rotatable bonds is 6. The van der Waals surface area contributed by atoms with Crippen molar-refractivity contribution in [3.05, 3.63) is 24.3 Å². The van der Waals surface area contributed by atoms with Crippen LogP contribution in [0.25, 0.3) is 0 Å². The average molecular weight is 541 g/mol. The van der Waals surface area contributed by atoms with Gasteiger partial charge in [0.15, 0.2) is 5.96 Å². The molecule has 3 rings (SSSR count). The van der Waals surface area contributed by atoms with Crippen LogP contribution in [0.15, 0.2) is 29.3 Å². The highest BCUT2D eigenvalue weighted by atomic mass is 127. The molecule has 2 N–H and O–H groups in total. The molecule has 0 aromatic heterocycles. The lowest BCUT2D eigenvalue weighted by Crippen LogP contribution is -2.49. The van der Waals surface area contributed by atoms with Crippen LogP contribution in [0.3, 0.4) is 0 Å². The third-order valence-electron chi connectivity index (χ3n) is 5.29. The topological polar surface area (TPSA) is 52.1 Å². The molecule has 10 heteroatoms. The van der Waals surface area contributed by atoms with Crippen molar-refractivity contribution in [3.8, 4) is 5.75 Å². The maximum absolute atomic E-state index is 12.6. The summed E-state index contributed by atoms with van der Waals surface area (Å²) in [5.74, 6) is 1.53. The number of aliphatic imine (C=N–C) groups is 1. The lowest BCUT2D eigenvalue weighted by atomic mass is 10.2. The Bertz CT molecular complexity index is 703. The van der Waals surface area contributed by atoms with Crippen molar-refractivity contribution in [1.29, 1.82) is 0 Å². The van der Waals surface area contributed by atoms with Gasteiger partial charge < -0.3 is 20.3 Å². The summed E-state index contributed by atoms with van der Waals surface area (Å²) in [4.78, 5) is 8.22. The van der Waals surface area contributed by atoms with Crippen LogP contribution in [-0.4, -0.2) is 75.5 Å². The Morgan fingerprint density at radius 1 is 1.13 bits per heavy atom. The molecule has 2 aliphatic rings. The molecule has 1 aromatic rings. The van der Waals surface area contributed by atoms with Gasteiger partial charge in [0.1, 0.15) is 5.75 Å². The van der Waals surface area contributed by atoms with Crippen LogP contribution in [0.4, 0.5) is 18.9 Å². The Hall–Kier alpha value is -1.43. The van der Waals surface area contributed by atoms with Crippen LogP contribution in [0.2, 0.25) is 0 Å². The molecule has 170 valence electrons. The number of nitrogens with zero attached hydrogens (tertiary/aromatic N) is 3. The minimum Gasteiger partial charge on any atom is -0.495 e. The van der Waals surface area contributed by atoms with Crippen molar-refractivity contribution in [1.82, 2.24) is 15.5 Å². The van der Waals surface area contributed by atoms with Gasteiger partial charge in [-0.1, -0.05) is 12.1 Å². The number of nitrogens with one attached hydrogen (secondary N) is 2. The average Bonchev–Trinajstić information content (AvgIpc) is 3.30. The lowest BCUT2D eigenvalue weighted by molar-refractivity contribution is -0.143. The van der Waals surface area contributed by atoms with Gasteiger partial charge in [-0.05, 0) is 31.9 Å². The number of hydrogen-bond acceptors (Lipinski definition) is 4. The number of hydrogen-bond donors (Lipinski definition) is 2. The van der Waals surface area contributed by atoms with E-state index in [1.54, 1.807) is 7.11 Å². The minimum absolute atomic E-state index is 0. The van der Waals surface area contributed by atoms with Gasteiger partial charge in [-0.15, -0.1) is 24.0 Å². The van der Waals surface area contributed by atoms with E-state index in [9.17, 15) is 13.2 Å². The van der Waals surface area contributed by atoms with Crippen LogP contribution >= 0.6 is 24.0 Å². The third kappa shape index (κ3) is 7.07. The van der Waals surface area contributed by atoms with E-state index in [-0.39, 0.29) is 36.1 Å². The molecule has 2 saturated heterocycles. The number of methoxy groups -OCH3 is 1. The summed E-state index contributed by atoms with van der Waals surface area (Å²) in [6, 6.07) is 8.14. The molecule has 1 aromatic carbocycles. The fourth-order valence-corrected chi connectivity index (χ4v) is 4.01. The predicted octanol–water partition coefficient (Wildman–Crippen LogP) is 3.08. The normalized spacial score (nSPS) is 22.7. The fourth-order valence-electron chi connectivity index (χ4n) is 4.01. The highest BCUT2D eigenvalue weighted by Gasteiger charge is 2.35. The molecule has 2 unspecified atom stereocenters. The smallest absolute Gasteiger partial charge is 0.401 e. The maximum Gasteiger partial charge on any atom is 0.401 e. The van der Waals surface area contributed by atoms with E-state index < -0.39 is 12.7 Å². The summed E-state index contributed by atoms with van der Waals surface area (Å²) >= 11 is 0. The van der Waals surface area contributed by atoms with Crippen molar-refractivity contribution in [2.24, 2.45) is 4.99 Å². The Morgan fingerprint density at radius 2 is 1.80 bits per heavy atom. The molecule has 6 nitrogen and oxygen atoms in total. The van der Waals surface area contributed by atoms with Gasteiger partial charge in [0, 0.05) is 44.8 Å². The molecule has 0 aliphatic carbocycles. The largest absolute Gasteiger partial charge is 0.495 e. The molecule has 2 aliphatic heterocycles. The Morgan fingerprint density at radius 3 is 2.47 bits per heavy atom. The zero-order valence-corrected chi connectivity index (χ0v) is 19.7. The molecule has 2 fully saturated rings. The summed E-state index contributed by atoms with van der Waals surface area (Å²) < 4.78 is 43.3. The second-order valence-corrected chi connectivity index (χ2v) is 7.55. The van der Waals surface area contributed by atoms with Gasteiger partial charge in [-0.2, -0.15) is 13.2 Å². The van der Waals surface area contributed by atoms with E-state index >= 15 is 0 Å². The zero-order chi connectivity index (χ0) is 20.9. The van der Waals surface area contributed by atoms with Crippen molar-refractivity contribution >= 4 is 35.6 Å². The number of benzene rings is 1. The van der Waals surface area contributed by atoms with Gasteiger partial charge in [-0.25, -0.2) is 0 Å². The molecule has 0 amide bonds. The molecule has 2 heterocycles. The van der Waals surface area contributed by atoms with E-state index in [0.717, 1.165) is 30.9 Å². The predicted molar refractivity (Wildman–Crippen MR) is 124 cm³/mol. The Labute approximate surface area is 193 Å². The van der Waals surface area contributed by atoms with Crippen molar-refractivity contribution < 1.29 is 17.9 Å². The number of para-hydroxylation sites is 2. The van der Waals surface area contributed by atoms with E-state index in [1.165, 1.54) is 4.90 Å². The molecular weight excluding hydrogens is 510 g/mol. The van der Waals surface area contributed by atoms with Crippen LogP contribution < -0.4 is 20.3 Å². The highest BCUT2D eigenvalue weighted by Crippen LogP contribution is 2.30. The third-order valence-corrected chi connectivity index (χ3v) is 5.29. The molecule has 30 heavy (non-hydrogen) atoms. The monoisotopic (exact) mass is 541 g/mol. The van der Waals surface area contributed by atoms with Crippen molar-refractivity contribution in [2.45, 2.75) is 38.0 Å². The van der Waals surface area contributed by atoms with Gasteiger partial charge in [0.05, 0.1) is 19.3 Å². The first-order valence-electron chi connectivity index (χ1n) is 10.1. The van der Waals surface area contributed by atoms with Gasteiger partial charge in [-0.3, -0.25) is 9.89 Å². The van der Waals surface area contributed by atoms with Crippen molar-refractivity contribution in [3.63, 3.8) is 0 Å². The maximum atomic E-state index is 12.6. The molecule has 0 saturated carbocycles.